The van der Waals surface area contributed by atoms with Crippen LogP contribution in [0.4, 0.5) is 51.0 Å². The van der Waals surface area contributed by atoms with Gasteiger partial charge in [0.25, 0.3) is 11.1 Å². The summed E-state index contributed by atoms with van der Waals surface area (Å²) in [7, 11) is 0. The third kappa shape index (κ3) is 7.62. The Labute approximate surface area is 244 Å². The summed E-state index contributed by atoms with van der Waals surface area (Å²) in [6.07, 6.45) is -2.81. The number of aryl methyl sites for hydroxylation is 1. The molecule has 0 aliphatic rings. The number of aromatic nitrogens is 5. The van der Waals surface area contributed by atoms with E-state index in [1.165, 1.54) is 12.3 Å². The highest BCUT2D eigenvalue weighted by molar-refractivity contribution is 5.86. The number of benzene rings is 1. The molecule has 0 fully saturated rings. The van der Waals surface area contributed by atoms with Crippen LogP contribution in [0.5, 0.6) is 5.75 Å². The van der Waals surface area contributed by atoms with Gasteiger partial charge in [-0.25, -0.2) is 23.8 Å². The van der Waals surface area contributed by atoms with Gasteiger partial charge in [0, 0.05) is 18.8 Å². The van der Waals surface area contributed by atoms with E-state index in [1.54, 1.807) is 5.10 Å². The number of nitrogens with one attached hydrogen (secondary N) is 2. The molecule has 0 bridgehead atoms. The number of halogens is 9. The van der Waals surface area contributed by atoms with Gasteiger partial charge in [0.05, 0.1) is 35.6 Å². The zero-order chi connectivity index (χ0) is 33.1. The number of nitrogens with zero attached hydrogens (tertiary/aromatic N) is 4. The molecule has 3 aromatic heterocycles. The molecule has 0 saturated heterocycles. The molecule has 1 unspecified atom stereocenters. The van der Waals surface area contributed by atoms with Gasteiger partial charge in [0.15, 0.2) is 29.0 Å². The van der Waals surface area contributed by atoms with Crippen LogP contribution in [0.2, 0.25) is 0 Å². The lowest BCUT2D eigenvalue weighted by Gasteiger charge is -2.22. The van der Waals surface area contributed by atoms with Crippen molar-refractivity contribution in [2.75, 3.05) is 17.7 Å². The minimum Gasteiger partial charge on any atom is -0.429 e. The summed E-state index contributed by atoms with van der Waals surface area (Å²) in [5.74, 6) is -4.84. The SMILES string of the molecule is Nc1nc(-c2cc3ccn(CCCC(COC(F)F)Nc4cn[nH]c(=O)c4C(F)(F)F)c(=O)c3c(F)c2F)ncc1OC(F)F. The molecular formula is C25H20F9N7O4. The van der Waals surface area contributed by atoms with Gasteiger partial charge >= 0.3 is 19.4 Å². The van der Waals surface area contributed by atoms with Crippen molar-refractivity contribution < 1.29 is 49.0 Å². The summed E-state index contributed by atoms with van der Waals surface area (Å²) in [6, 6.07) is 1.02. The van der Waals surface area contributed by atoms with Gasteiger partial charge in [-0.2, -0.15) is 35.8 Å². The molecule has 4 N–H and O–H groups in total. The summed E-state index contributed by atoms with van der Waals surface area (Å²) in [5, 5.41) is 6.44. The molecule has 4 aromatic rings. The average molecular weight is 653 g/mol. The van der Waals surface area contributed by atoms with E-state index in [0.29, 0.717) is 6.20 Å². The van der Waals surface area contributed by atoms with Crippen LogP contribution in [0.1, 0.15) is 18.4 Å². The third-order valence-corrected chi connectivity index (χ3v) is 6.26. The lowest BCUT2D eigenvalue weighted by Crippen LogP contribution is -2.32. The fourth-order valence-electron chi connectivity index (χ4n) is 4.32. The summed E-state index contributed by atoms with van der Waals surface area (Å²) in [5.41, 5.74) is -0.0464. The van der Waals surface area contributed by atoms with Gasteiger partial charge < -0.3 is 25.1 Å². The van der Waals surface area contributed by atoms with Crippen molar-refractivity contribution >= 4 is 22.3 Å². The molecular weight excluding hydrogens is 633 g/mol. The number of rotatable bonds is 12. The van der Waals surface area contributed by atoms with Gasteiger partial charge in [-0.1, -0.05) is 0 Å². The number of H-pyrrole nitrogens is 1. The number of ether oxygens (including phenoxy) is 2. The van der Waals surface area contributed by atoms with Crippen molar-refractivity contribution in [1.82, 2.24) is 24.7 Å². The van der Waals surface area contributed by atoms with Crippen LogP contribution in [0.3, 0.4) is 0 Å². The number of hydrogen-bond acceptors (Lipinski definition) is 9. The third-order valence-electron chi connectivity index (χ3n) is 6.26. The highest BCUT2D eigenvalue weighted by Crippen LogP contribution is 2.32. The van der Waals surface area contributed by atoms with Crippen molar-refractivity contribution in [2.45, 2.75) is 44.8 Å². The predicted molar refractivity (Wildman–Crippen MR) is 139 cm³/mol. The number of nitrogens with two attached hydrogens (primary N) is 1. The van der Waals surface area contributed by atoms with Crippen LogP contribution in [-0.2, 0) is 17.5 Å². The van der Waals surface area contributed by atoms with Gasteiger partial charge in [-0.05, 0) is 30.4 Å². The fraction of sp³-hybridized carbons (Fsp3) is 0.320. The second kappa shape index (κ2) is 13.4. The van der Waals surface area contributed by atoms with E-state index in [9.17, 15) is 40.3 Å². The maximum absolute atomic E-state index is 15.2. The number of hydrogen-bond donors (Lipinski definition) is 3. The first-order valence-corrected chi connectivity index (χ1v) is 12.6. The maximum atomic E-state index is 15.2. The topological polar surface area (TPSA) is 150 Å². The Kier molecular flexibility index (Phi) is 9.84. The average Bonchev–Trinajstić information content (AvgIpc) is 2.94. The van der Waals surface area contributed by atoms with Crippen molar-refractivity contribution in [3.8, 4) is 17.1 Å². The molecule has 0 radical (unpaired) electrons. The monoisotopic (exact) mass is 653 g/mol. The molecule has 3 heterocycles. The van der Waals surface area contributed by atoms with Crippen LogP contribution >= 0.6 is 0 Å². The molecule has 0 spiro atoms. The van der Waals surface area contributed by atoms with E-state index in [0.717, 1.165) is 16.8 Å². The second-order valence-electron chi connectivity index (χ2n) is 9.22. The molecule has 0 aliphatic carbocycles. The molecule has 20 heteroatoms. The van der Waals surface area contributed by atoms with Crippen LogP contribution in [0.15, 0.2) is 40.3 Å². The number of pyridine rings is 1. The van der Waals surface area contributed by atoms with E-state index in [4.69, 9.17) is 5.73 Å². The van der Waals surface area contributed by atoms with Crippen molar-refractivity contribution in [2.24, 2.45) is 0 Å². The van der Waals surface area contributed by atoms with Crippen LogP contribution in [0, 0.1) is 11.6 Å². The van der Waals surface area contributed by atoms with Gasteiger partial charge in [-0.3, -0.25) is 9.59 Å². The lowest BCUT2D eigenvalue weighted by atomic mass is 10.1. The van der Waals surface area contributed by atoms with Gasteiger partial charge in [0.1, 0.15) is 5.56 Å². The first-order valence-electron chi connectivity index (χ1n) is 12.6. The fourth-order valence-corrected chi connectivity index (χ4v) is 4.32. The zero-order valence-corrected chi connectivity index (χ0v) is 22.3. The Hall–Kier alpha value is -4.88. The first kappa shape index (κ1) is 33.0. The summed E-state index contributed by atoms with van der Waals surface area (Å²) >= 11 is 0. The van der Waals surface area contributed by atoms with Crippen LogP contribution < -0.4 is 26.9 Å². The number of nitrogen functional groups attached to an aromatic ring is 1. The highest BCUT2D eigenvalue weighted by Gasteiger charge is 2.38. The summed E-state index contributed by atoms with van der Waals surface area (Å²) in [6.45, 7) is -7.56. The lowest BCUT2D eigenvalue weighted by molar-refractivity contribution is -0.138. The van der Waals surface area contributed by atoms with E-state index in [1.807, 2.05) is 0 Å². The maximum Gasteiger partial charge on any atom is 0.423 e. The standard InChI is InChI=1S/C25H20F9N7O4/c26-17-12(20-36-8-14(19(35)39-20)45-24(30)31)6-10-3-5-41(22(43)15(10)18(17)27)4-1-2-11(9-44-23(28)29)38-13-7-37-40-21(42)16(13)25(32,33)34/h3,5-8,11,23-24H,1-2,4,9H2,(H2,35,36,39)(H2,38,40,42). The number of alkyl halides is 7. The van der Waals surface area contributed by atoms with Gasteiger partial charge in [0.2, 0.25) is 0 Å². The number of anilines is 2. The minimum absolute atomic E-state index is 0.0734. The largest absolute Gasteiger partial charge is 0.429 e. The second-order valence-corrected chi connectivity index (χ2v) is 9.22. The Balaban J connectivity index is 1.57. The molecule has 45 heavy (non-hydrogen) atoms. The molecule has 242 valence electrons. The van der Waals surface area contributed by atoms with E-state index in [2.05, 4.69) is 29.9 Å². The van der Waals surface area contributed by atoms with E-state index < -0.39 is 94.4 Å². The summed E-state index contributed by atoms with van der Waals surface area (Å²) in [4.78, 5) is 32.1. The van der Waals surface area contributed by atoms with Crippen LogP contribution in [-0.4, -0.2) is 50.6 Å². The molecule has 0 aliphatic heterocycles. The van der Waals surface area contributed by atoms with Crippen molar-refractivity contribution in [3.63, 3.8) is 0 Å². The molecule has 0 saturated carbocycles. The van der Waals surface area contributed by atoms with Crippen molar-refractivity contribution in [3.05, 3.63) is 68.6 Å². The smallest absolute Gasteiger partial charge is 0.423 e. The molecule has 1 aromatic carbocycles. The molecule has 11 nitrogen and oxygen atoms in total. The Morgan fingerprint density at radius 1 is 1.07 bits per heavy atom. The number of fused-ring (bicyclic) bond motifs is 1. The van der Waals surface area contributed by atoms with Crippen LogP contribution in [0.25, 0.3) is 22.2 Å². The Morgan fingerprint density at radius 2 is 1.80 bits per heavy atom. The normalized spacial score (nSPS) is 12.7. The Bertz CT molecular complexity index is 1800. The molecule has 4 rings (SSSR count). The summed E-state index contributed by atoms with van der Waals surface area (Å²) < 4.78 is 130. The van der Waals surface area contributed by atoms with E-state index >= 15 is 8.78 Å². The Morgan fingerprint density at radius 3 is 2.44 bits per heavy atom. The molecule has 0 amide bonds. The zero-order valence-electron chi connectivity index (χ0n) is 22.3. The molecule has 1 atom stereocenters. The highest BCUT2D eigenvalue weighted by atomic mass is 19.4. The van der Waals surface area contributed by atoms with Gasteiger partial charge in [-0.15, -0.1) is 0 Å². The van der Waals surface area contributed by atoms with Crippen molar-refractivity contribution in [1.29, 1.82) is 0 Å². The predicted octanol–water partition coefficient (Wildman–Crippen LogP) is 4.52. The number of aromatic amines is 1. The minimum atomic E-state index is -5.12. The quantitative estimate of drug-likeness (QED) is 0.188. The van der Waals surface area contributed by atoms with E-state index in [-0.39, 0.29) is 24.8 Å². The first-order chi connectivity index (χ1) is 21.2.